The molecule has 1 aromatic heterocycles. The van der Waals surface area contributed by atoms with Gasteiger partial charge in [0.2, 0.25) is 0 Å². The summed E-state index contributed by atoms with van der Waals surface area (Å²) in [6.45, 7) is 4.41. The number of rotatable bonds is 4. The maximum atomic E-state index is 5.21. The highest BCUT2D eigenvalue weighted by Gasteiger charge is 1.97. The topological polar surface area (TPSA) is 9.23 Å². The van der Waals surface area contributed by atoms with Crippen molar-refractivity contribution >= 4 is 21.4 Å². The molecule has 0 aliphatic heterocycles. The molecule has 1 aromatic carbocycles. The summed E-state index contributed by atoms with van der Waals surface area (Å²) in [5, 5.41) is 3.47. The number of ether oxygens (including phenoxy) is 1. The molecule has 73 valence electrons. The minimum Gasteiger partial charge on any atom is -0.375 e. The van der Waals surface area contributed by atoms with Gasteiger partial charge in [0.05, 0.1) is 13.2 Å². The molecule has 0 unspecified atom stereocenters. The van der Waals surface area contributed by atoms with Crippen molar-refractivity contribution in [3.63, 3.8) is 0 Å². The van der Waals surface area contributed by atoms with E-state index >= 15 is 0 Å². The number of benzene rings is 1. The van der Waals surface area contributed by atoms with Crippen LogP contribution in [0.1, 0.15) is 12.5 Å². The van der Waals surface area contributed by atoms with E-state index in [0.717, 1.165) is 13.0 Å². The second-order valence-electron chi connectivity index (χ2n) is 3.15. The average Bonchev–Trinajstić information content (AvgIpc) is 2.65. The van der Waals surface area contributed by atoms with Gasteiger partial charge in [-0.25, -0.2) is 0 Å². The van der Waals surface area contributed by atoms with Crippen LogP contribution < -0.4 is 0 Å². The van der Waals surface area contributed by atoms with Crippen LogP contribution in [-0.2, 0) is 11.2 Å². The highest BCUT2D eigenvalue weighted by atomic mass is 32.1. The largest absolute Gasteiger partial charge is 0.375 e. The zero-order valence-electron chi connectivity index (χ0n) is 8.19. The van der Waals surface area contributed by atoms with Crippen LogP contribution in [0.2, 0.25) is 0 Å². The third kappa shape index (κ3) is 2.14. The van der Waals surface area contributed by atoms with E-state index in [1.165, 1.54) is 15.6 Å². The van der Waals surface area contributed by atoms with Crippen molar-refractivity contribution in [2.24, 2.45) is 0 Å². The first kappa shape index (κ1) is 9.69. The summed E-state index contributed by atoms with van der Waals surface area (Å²) < 4.78 is 6.57. The molecule has 2 aromatic rings. The fourth-order valence-corrected chi connectivity index (χ4v) is 2.24. The van der Waals surface area contributed by atoms with Gasteiger partial charge in [-0.1, -0.05) is 12.1 Å². The molecule has 0 aliphatic rings. The molecule has 1 heterocycles. The summed E-state index contributed by atoms with van der Waals surface area (Å²) in [4.78, 5) is 0. The smallest absolute Gasteiger partial charge is 0.0806 e. The minimum absolute atomic E-state index is 0.770. The van der Waals surface area contributed by atoms with Crippen molar-refractivity contribution in [2.45, 2.75) is 13.3 Å². The lowest BCUT2D eigenvalue weighted by molar-refractivity contribution is 0.208. The van der Waals surface area contributed by atoms with Gasteiger partial charge in [0.25, 0.3) is 0 Å². The Kier molecular flexibility index (Phi) is 3.17. The number of hydrogen-bond acceptors (Lipinski definition) is 2. The molecule has 0 atom stereocenters. The van der Waals surface area contributed by atoms with E-state index in [2.05, 4.69) is 29.6 Å². The van der Waals surface area contributed by atoms with E-state index in [0.29, 0.717) is 0 Å². The van der Waals surface area contributed by atoms with Gasteiger partial charge in [0.1, 0.15) is 0 Å². The molecule has 1 radical (unpaired) electrons. The Bertz CT molecular complexity index is 405. The Balaban J connectivity index is 2.10. The van der Waals surface area contributed by atoms with Crippen LogP contribution >= 0.6 is 11.3 Å². The predicted molar refractivity (Wildman–Crippen MR) is 61.5 cm³/mol. The molecular weight excluding hydrogens is 192 g/mol. The van der Waals surface area contributed by atoms with Crippen LogP contribution in [0.5, 0.6) is 0 Å². The average molecular weight is 205 g/mol. The Morgan fingerprint density at radius 2 is 2.29 bits per heavy atom. The van der Waals surface area contributed by atoms with Gasteiger partial charge in [0, 0.05) is 4.70 Å². The van der Waals surface area contributed by atoms with E-state index in [1.807, 2.05) is 6.92 Å². The summed E-state index contributed by atoms with van der Waals surface area (Å²) in [5.74, 6) is 0. The minimum atomic E-state index is 0.770. The standard InChI is InChI=1S/C12H13OS/c1-2-13-7-5-10-3-4-12-11(9-10)6-8-14-12/h2-4,6,8-9H,5,7H2,1H3. The summed E-state index contributed by atoms with van der Waals surface area (Å²) in [6, 6.07) is 8.77. The van der Waals surface area contributed by atoms with Crippen molar-refractivity contribution < 1.29 is 4.74 Å². The van der Waals surface area contributed by atoms with Crippen LogP contribution in [0.4, 0.5) is 0 Å². The van der Waals surface area contributed by atoms with Gasteiger partial charge < -0.3 is 4.74 Å². The van der Waals surface area contributed by atoms with E-state index in [4.69, 9.17) is 4.74 Å². The third-order valence-corrected chi connectivity index (χ3v) is 3.09. The zero-order valence-corrected chi connectivity index (χ0v) is 9.01. The number of fused-ring (bicyclic) bond motifs is 1. The SMILES string of the molecule is C[CH]OCCc1ccc2sccc2c1. The van der Waals surface area contributed by atoms with Gasteiger partial charge in [-0.05, 0) is 41.8 Å². The van der Waals surface area contributed by atoms with Crippen LogP contribution in [0.25, 0.3) is 10.1 Å². The maximum absolute atomic E-state index is 5.21. The third-order valence-electron chi connectivity index (χ3n) is 2.19. The van der Waals surface area contributed by atoms with Gasteiger partial charge in [-0.3, -0.25) is 0 Å². The van der Waals surface area contributed by atoms with E-state index < -0.39 is 0 Å². The molecule has 0 fully saturated rings. The van der Waals surface area contributed by atoms with Crippen molar-refractivity contribution in [2.75, 3.05) is 6.61 Å². The first-order chi connectivity index (χ1) is 6.90. The van der Waals surface area contributed by atoms with Crippen molar-refractivity contribution in [3.05, 3.63) is 41.8 Å². The van der Waals surface area contributed by atoms with Crippen LogP contribution in [0.3, 0.4) is 0 Å². The van der Waals surface area contributed by atoms with Crippen LogP contribution in [0, 0.1) is 6.61 Å². The molecule has 0 bridgehead atoms. The zero-order chi connectivity index (χ0) is 9.80. The van der Waals surface area contributed by atoms with Gasteiger partial charge in [-0.15, -0.1) is 11.3 Å². The molecule has 0 aliphatic carbocycles. The van der Waals surface area contributed by atoms with Crippen LogP contribution in [0.15, 0.2) is 29.6 Å². The molecule has 0 saturated heterocycles. The first-order valence-corrected chi connectivity index (χ1v) is 5.63. The van der Waals surface area contributed by atoms with Crippen LogP contribution in [-0.4, -0.2) is 6.61 Å². The van der Waals surface area contributed by atoms with Crippen molar-refractivity contribution in [3.8, 4) is 0 Å². The van der Waals surface area contributed by atoms with E-state index in [-0.39, 0.29) is 0 Å². The van der Waals surface area contributed by atoms with Crippen molar-refractivity contribution in [1.82, 2.24) is 0 Å². The lowest BCUT2D eigenvalue weighted by Crippen LogP contribution is -1.94. The molecule has 14 heavy (non-hydrogen) atoms. The second-order valence-corrected chi connectivity index (χ2v) is 4.10. The highest BCUT2D eigenvalue weighted by Crippen LogP contribution is 2.21. The molecule has 2 rings (SSSR count). The Morgan fingerprint density at radius 3 is 3.14 bits per heavy atom. The summed E-state index contributed by atoms with van der Waals surface area (Å²) in [5.41, 5.74) is 1.35. The molecule has 0 saturated carbocycles. The molecule has 2 heteroatoms. The number of hydrogen-bond donors (Lipinski definition) is 0. The molecule has 0 N–H and O–H groups in total. The molecule has 1 nitrogen and oxygen atoms in total. The fraction of sp³-hybridized carbons (Fsp3) is 0.250. The summed E-state index contributed by atoms with van der Waals surface area (Å²) in [7, 11) is 0. The van der Waals surface area contributed by atoms with Gasteiger partial charge in [0.15, 0.2) is 0 Å². The quantitative estimate of drug-likeness (QED) is 0.692. The van der Waals surface area contributed by atoms with E-state index in [9.17, 15) is 0 Å². The fourth-order valence-electron chi connectivity index (χ4n) is 1.47. The Hall–Kier alpha value is -0.860. The second kappa shape index (κ2) is 4.58. The summed E-state index contributed by atoms with van der Waals surface area (Å²) in [6.07, 6.45) is 0.982. The molecular formula is C12H13OS. The normalized spacial score (nSPS) is 10.9. The number of thiophene rings is 1. The Labute approximate surface area is 88.3 Å². The predicted octanol–water partition coefficient (Wildman–Crippen LogP) is 3.64. The van der Waals surface area contributed by atoms with Crippen molar-refractivity contribution in [1.29, 1.82) is 0 Å². The monoisotopic (exact) mass is 205 g/mol. The molecule has 0 amide bonds. The summed E-state index contributed by atoms with van der Waals surface area (Å²) >= 11 is 1.79. The van der Waals surface area contributed by atoms with Gasteiger partial charge >= 0.3 is 0 Å². The molecule has 0 spiro atoms. The Morgan fingerprint density at radius 1 is 1.36 bits per heavy atom. The first-order valence-electron chi connectivity index (χ1n) is 4.76. The van der Waals surface area contributed by atoms with Gasteiger partial charge in [-0.2, -0.15) is 0 Å². The lowest BCUT2D eigenvalue weighted by Gasteiger charge is -2.01. The lowest BCUT2D eigenvalue weighted by atomic mass is 10.1. The van der Waals surface area contributed by atoms with E-state index in [1.54, 1.807) is 17.9 Å². The highest BCUT2D eigenvalue weighted by molar-refractivity contribution is 7.17. The maximum Gasteiger partial charge on any atom is 0.0806 e.